The minimum Gasteiger partial charge on any atom is -0.353 e. The van der Waals surface area contributed by atoms with E-state index in [0.717, 1.165) is 36.5 Å². The van der Waals surface area contributed by atoms with Gasteiger partial charge in [-0.3, -0.25) is 4.98 Å². The Morgan fingerprint density at radius 1 is 0.903 bits per heavy atom. The Morgan fingerprint density at radius 2 is 1.65 bits per heavy atom. The van der Waals surface area contributed by atoms with Crippen LogP contribution in [-0.2, 0) is 22.9 Å². The normalized spacial score (nSPS) is 17.2. The van der Waals surface area contributed by atoms with Gasteiger partial charge in [-0.25, -0.2) is 18.1 Å². The summed E-state index contributed by atoms with van der Waals surface area (Å²) in [6.45, 7) is 5.91. The molecule has 0 saturated carbocycles. The first kappa shape index (κ1) is 20.1. The van der Waals surface area contributed by atoms with Gasteiger partial charge in [0, 0.05) is 31.9 Å². The van der Waals surface area contributed by atoms with Crippen LogP contribution in [0.15, 0.2) is 41.6 Å². The largest absolute Gasteiger partial charge is 0.353 e. The highest BCUT2D eigenvalue weighted by atomic mass is 32.2. The number of sulfonamides is 1. The van der Waals surface area contributed by atoms with Crippen molar-refractivity contribution < 1.29 is 8.42 Å². The van der Waals surface area contributed by atoms with E-state index in [1.165, 1.54) is 11.1 Å². The number of hydrogen-bond acceptors (Lipinski definition) is 6. The highest BCUT2D eigenvalue weighted by Crippen LogP contribution is 2.27. The van der Waals surface area contributed by atoms with E-state index < -0.39 is 10.0 Å². The fourth-order valence-electron chi connectivity index (χ4n) is 4.48. The van der Waals surface area contributed by atoms with Gasteiger partial charge in [-0.1, -0.05) is 6.07 Å². The van der Waals surface area contributed by atoms with Gasteiger partial charge in [-0.2, -0.15) is 9.40 Å². The number of aryl methyl sites for hydroxylation is 4. The van der Waals surface area contributed by atoms with Crippen LogP contribution in [0.2, 0.25) is 0 Å². The summed E-state index contributed by atoms with van der Waals surface area (Å²) in [4.78, 5) is 11.6. The maximum Gasteiger partial charge on any atom is 0.243 e. The number of piperazine rings is 1. The Labute approximate surface area is 182 Å². The van der Waals surface area contributed by atoms with Crippen LogP contribution in [0.3, 0.4) is 0 Å². The zero-order valence-electron chi connectivity index (χ0n) is 17.8. The van der Waals surface area contributed by atoms with Crippen LogP contribution in [0.1, 0.15) is 28.9 Å². The fraction of sp³-hybridized carbons (Fsp3) is 0.409. The highest BCUT2D eigenvalue weighted by Gasteiger charge is 2.30. The van der Waals surface area contributed by atoms with Gasteiger partial charge < -0.3 is 4.90 Å². The Kier molecular flexibility index (Phi) is 5.02. The second-order valence-corrected chi connectivity index (χ2v) is 10.2. The molecule has 0 unspecified atom stereocenters. The maximum atomic E-state index is 13.2. The molecular weight excluding hydrogens is 412 g/mol. The Bertz CT molecular complexity index is 1230. The lowest BCUT2D eigenvalue weighted by atomic mass is 10.1. The Balaban J connectivity index is 1.31. The van der Waals surface area contributed by atoms with Crippen LogP contribution in [0.25, 0.3) is 5.82 Å². The molecule has 2 aliphatic rings. The third-order valence-electron chi connectivity index (χ3n) is 6.11. The summed E-state index contributed by atoms with van der Waals surface area (Å²) < 4.78 is 29.7. The maximum absolute atomic E-state index is 13.2. The van der Waals surface area contributed by atoms with Crippen molar-refractivity contribution in [3.63, 3.8) is 0 Å². The van der Waals surface area contributed by atoms with Crippen LogP contribution in [0.5, 0.6) is 0 Å². The molecule has 1 aliphatic heterocycles. The second kappa shape index (κ2) is 7.72. The van der Waals surface area contributed by atoms with Gasteiger partial charge in [0.25, 0.3) is 0 Å². The summed E-state index contributed by atoms with van der Waals surface area (Å²) in [5.41, 5.74) is 4.38. The van der Waals surface area contributed by atoms with Gasteiger partial charge in [-0.15, -0.1) is 0 Å². The molecule has 3 heterocycles. The van der Waals surface area contributed by atoms with Gasteiger partial charge >= 0.3 is 0 Å². The van der Waals surface area contributed by atoms with Gasteiger partial charge in [0.2, 0.25) is 10.0 Å². The van der Waals surface area contributed by atoms with E-state index in [2.05, 4.69) is 15.0 Å². The molecule has 1 fully saturated rings. The van der Waals surface area contributed by atoms with Gasteiger partial charge in [0.1, 0.15) is 5.82 Å². The third kappa shape index (κ3) is 3.72. The lowest BCUT2D eigenvalue weighted by Gasteiger charge is -2.34. The molecule has 0 radical (unpaired) electrons. The van der Waals surface area contributed by atoms with E-state index in [-0.39, 0.29) is 0 Å². The Morgan fingerprint density at radius 3 is 2.39 bits per heavy atom. The molecule has 31 heavy (non-hydrogen) atoms. The standard InChI is InChI=1S/C22H26N6O2S/c1-16-12-17(2)28(25-16)22-15-23-14-21(24-22)26-8-10-27(11-9-26)31(29,30)20-7-6-18-4-3-5-19(18)13-20/h6-7,12-15H,3-5,8-11H2,1-2H3. The summed E-state index contributed by atoms with van der Waals surface area (Å²) in [6, 6.07) is 7.60. The SMILES string of the molecule is Cc1cc(C)n(-c2cncc(N3CCN(S(=O)(=O)c4ccc5c(c4)CCC5)CC3)n2)n1. The lowest BCUT2D eigenvalue weighted by Crippen LogP contribution is -2.49. The zero-order valence-corrected chi connectivity index (χ0v) is 18.6. The predicted octanol–water partition coefficient (Wildman–Crippen LogP) is 2.28. The fourth-order valence-corrected chi connectivity index (χ4v) is 5.95. The summed E-state index contributed by atoms with van der Waals surface area (Å²) in [7, 11) is -3.49. The minimum absolute atomic E-state index is 0.410. The average molecular weight is 439 g/mol. The van der Waals surface area contributed by atoms with Crippen molar-refractivity contribution in [2.24, 2.45) is 0 Å². The smallest absolute Gasteiger partial charge is 0.243 e. The number of hydrogen-bond donors (Lipinski definition) is 0. The van der Waals surface area contributed by atoms with E-state index in [9.17, 15) is 8.42 Å². The lowest BCUT2D eigenvalue weighted by molar-refractivity contribution is 0.383. The number of fused-ring (bicyclic) bond motifs is 1. The van der Waals surface area contributed by atoms with Crippen molar-refractivity contribution in [2.45, 2.75) is 38.0 Å². The molecule has 0 atom stereocenters. The third-order valence-corrected chi connectivity index (χ3v) is 8.00. The van der Waals surface area contributed by atoms with Crippen molar-refractivity contribution in [1.29, 1.82) is 0 Å². The number of anilines is 1. The van der Waals surface area contributed by atoms with Gasteiger partial charge in [0.15, 0.2) is 5.82 Å². The molecule has 0 amide bonds. The van der Waals surface area contributed by atoms with Crippen molar-refractivity contribution in [3.05, 3.63) is 59.2 Å². The first-order valence-electron chi connectivity index (χ1n) is 10.6. The molecule has 1 aromatic carbocycles. The van der Waals surface area contributed by atoms with Crippen molar-refractivity contribution in [1.82, 2.24) is 24.1 Å². The van der Waals surface area contributed by atoms with E-state index in [1.807, 2.05) is 32.0 Å². The summed E-state index contributed by atoms with van der Waals surface area (Å²) in [5.74, 6) is 1.40. The minimum atomic E-state index is -3.49. The Hall–Kier alpha value is -2.78. The van der Waals surface area contributed by atoms with Crippen molar-refractivity contribution in [2.75, 3.05) is 31.1 Å². The van der Waals surface area contributed by atoms with Crippen LogP contribution in [0, 0.1) is 13.8 Å². The number of aromatic nitrogens is 4. The van der Waals surface area contributed by atoms with E-state index in [4.69, 9.17) is 4.98 Å². The molecule has 0 spiro atoms. The predicted molar refractivity (Wildman–Crippen MR) is 118 cm³/mol. The number of nitrogens with zero attached hydrogens (tertiary/aromatic N) is 6. The molecule has 3 aromatic rings. The number of rotatable bonds is 4. The van der Waals surface area contributed by atoms with Crippen LogP contribution < -0.4 is 4.90 Å². The first-order chi connectivity index (χ1) is 14.9. The molecule has 5 rings (SSSR count). The number of benzene rings is 1. The topological polar surface area (TPSA) is 84.2 Å². The molecule has 1 saturated heterocycles. The van der Waals surface area contributed by atoms with E-state index in [1.54, 1.807) is 27.4 Å². The van der Waals surface area contributed by atoms with Crippen LogP contribution in [-0.4, -0.2) is 58.7 Å². The molecule has 9 heteroatoms. The first-order valence-corrected chi connectivity index (χ1v) is 12.1. The molecule has 162 valence electrons. The van der Waals surface area contributed by atoms with Crippen LogP contribution in [0.4, 0.5) is 5.82 Å². The van der Waals surface area contributed by atoms with E-state index in [0.29, 0.717) is 36.9 Å². The molecule has 0 N–H and O–H groups in total. The van der Waals surface area contributed by atoms with Crippen molar-refractivity contribution in [3.8, 4) is 5.82 Å². The zero-order chi connectivity index (χ0) is 21.6. The van der Waals surface area contributed by atoms with Gasteiger partial charge in [0.05, 0.1) is 23.0 Å². The second-order valence-electron chi connectivity index (χ2n) is 8.25. The monoisotopic (exact) mass is 438 g/mol. The molecular formula is C22H26N6O2S. The average Bonchev–Trinajstić information content (AvgIpc) is 3.39. The van der Waals surface area contributed by atoms with Gasteiger partial charge in [-0.05, 0) is 62.4 Å². The highest BCUT2D eigenvalue weighted by molar-refractivity contribution is 7.89. The van der Waals surface area contributed by atoms with E-state index >= 15 is 0 Å². The van der Waals surface area contributed by atoms with Crippen molar-refractivity contribution >= 4 is 15.8 Å². The summed E-state index contributed by atoms with van der Waals surface area (Å²) in [6.07, 6.45) is 6.54. The molecule has 8 nitrogen and oxygen atoms in total. The van der Waals surface area contributed by atoms with Crippen LogP contribution >= 0.6 is 0 Å². The molecule has 0 bridgehead atoms. The summed E-state index contributed by atoms with van der Waals surface area (Å²) >= 11 is 0. The molecule has 1 aliphatic carbocycles. The summed E-state index contributed by atoms with van der Waals surface area (Å²) in [5, 5.41) is 4.48. The molecule has 2 aromatic heterocycles. The quantitative estimate of drug-likeness (QED) is 0.621.